The third kappa shape index (κ3) is 9.63. The fourth-order valence-corrected chi connectivity index (χ4v) is 5.36. The van der Waals surface area contributed by atoms with Gasteiger partial charge in [-0.1, -0.05) is 36.4 Å². The van der Waals surface area contributed by atoms with Crippen LogP contribution < -0.4 is 69.7 Å². The van der Waals surface area contributed by atoms with Crippen LogP contribution in [0.2, 0.25) is 0 Å². The molecule has 0 atom stereocenters. The molecule has 0 spiro atoms. The van der Waals surface area contributed by atoms with Crippen LogP contribution in [0.5, 0.6) is 0 Å². The number of nitrogens with zero attached hydrogens (tertiary/aromatic N) is 1. The number of benzene rings is 3. The molecule has 14 heteroatoms. The Morgan fingerprint density at radius 3 is 1.85 bits per heavy atom. The largest absolute Gasteiger partial charge is 1.00 e. The smallest absolute Gasteiger partial charge is 0.748 e. The fourth-order valence-electron chi connectivity index (χ4n) is 4.37. The first kappa shape index (κ1) is 34.9. The minimum Gasteiger partial charge on any atom is -0.748 e. The molecule has 40 heavy (non-hydrogen) atoms. The Hall–Kier alpha value is -1.29. The van der Waals surface area contributed by atoms with Crippen molar-refractivity contribution in [2.75, 3.05) is 28.7 Å². The average molecular weight is 604 g/mol. The van der Waals surface area contributed by atoms with E-state index in [9.17, 15) is 31.0 Å². The van der Waals surface area contributed by atoms with E-state index in [-0.39, 0.29) is 91.5 Å². The molecule has 0 aliphatic heterocycles. The topological polar surface area (TPSA) is 172 Å². The molecule has 3 N–H and O–H groups in total. The van der Waals surface area contributed by atoms with E-state index < -0.39 is 31.7 Å². The Balaban J connectivity index is 0.00000280. The quantitative estimate of drug-likeness (QED) is 0.0678. The number of hydrogen-bond acceptors (Lipinski definition) is 10. The SMILES string of the molecule is O=S(=O)([O-])CCCNc1cc(CO)cc(Nc2c3ccccc3nc3ccccc23)c1CCCS(=O)(=O)[O-].[Na+].[Na+]. The van der Waals surface area contributed by atoms with Crippen molar-refractivity contribution in [3.05, 3.63) is 71.8 Å². The number of aliphatic hydroxyl groups excluding tert-OH is 1. The second kappa shape index (κ2) is 15.3. The van der Waals surface area contributed by atoms with Gasteiger partial charge in [-0.15, -0.1) is 0 Å². The number of anilines is 3. The Bertz CT molecular complexity index is 1630. The van der Waals surface area contributed by atoms with Crippen LogP contribution in [-0.2, 0) is 33.3 Å². The van der Waals surface area contributed by atoms with E-state index in [0.717, 1.165) is 27.5 Å². The van der Waals surface area contributed by atoms with Crippen molar-refractivity contribution in [1.29, 1.82) is 0 Å². The molecule has 202 valence electrons. The Morgan fingerprint density at radius 2 is 1.30 bits per heavy atom. The molecule has 4 aromatic rings. The second-order valence-corrected chi connectivity index (χ2v) is 11.9. The number of pyridine rings is 1. The number of aromatic nitrogens is 1. The normalized spacial score (nSPS) is 11.6. The molecule has 0 amide bonds. The molecule has 0 bridgehead atoms. The zero-order valence-corrected chi connectivity index (χ0v) is 28.0. The van der Waals surface area contributed by atoms with Gasteiger partial charge in [0.15, 0.2) is 0 Å². The van der Waals surface area contributed by atoms with Gasteiger partial charge in [0.2, 0.25) is 0 Å². The number of nitrogens with one attached hydrogen (secondary N) is 2. The van der Waals surface area contributed by atoms with Crippen molar-refractivity contribution in [3.8, 4) is 0 Å². The summed E-state index contributed by atoms with van der Waals surface area (Å²) in [5.74, 6) is -1.09. The number of hydrogen-bond donors (Lipinski definition) is 3. The molecule has 0 aliphatic rings. The molecule has 0 aliphatic carbocycles. The number of aliphatic hydroxyl groups is 1. The van der Waals surface area contributed by atoms with Crippen molar-refractivity contribution in [2.24, 2.45) is 0 Å². The summed E-state index contributed by atoms with van der Waals surface area (Å²) in [5.41, 5.74) is 4.62. The molecular weight excluding hydrogens is 576 g/mol. The van der Waals surface area contributed by atoms with E-state index in [1.165, 1.54) is 0 Å². The summed E-state index contributed by atoms with van der Waals surface area (Å²) in [6.45, 7) is -0.130. The molecule has 3 aromatic carbocycles. The summed E-state index contributed by atoms with van der Waals surface area (Å²) in [4.78, 5) is 4.73. The maximum Gasteiger partial charge on any atom is 1.00 e. The molecule has 1 aromatic heterocycles. The predicted octanol–water partition coefficient (Wildman–Crippen LogP) is -2.54. The van der Waals surface area contributed by atoms with Crippen LogP contribution in [0.4, 0.5) is 17.1 Å². The van der Waals surface area contributed by atoms with E-state index in [4.69, 9.17) is 4.98 Å². The van der Waals surface area contributed by atoms with Gasteiger partial charge in [-0.3, -0.25) is 0 Å². The molecule has 0 saturated heterocycles. The van der Waals surface area contributed by atoms with Gasteiger partial charge in [0.25, 0.3) is 0 Å². The van der Waals surface area contributed by atoms with Gasteiger partial charge in [-0.05, 0) is 54.7 Å². The third-order valence-corrected chi connectivity index (χ3v) is 7.62. The monoisotopic (exact) mass is 603 g/mol. The van der Waals surface area contributed by atoms with Gasteiger partial charge in [-0.25, -0.2) is 21.8 Å². The molecule has 4 rings (SSSR count). The first-order chi connectivity index (χ1) is 18.0. The Labute approximate surface area is 278 Å². The average Bonchev–Trinajstić information content (AvgIpc) is 2.86. The Kier molecular flexibility index (Phi) is 13.3. The summed E-state index contributed by atoms with van der Waals surface area (Å²) in [6, 6.07) is 18.6. The zero-order valence-electron chi connectivity index (χ0n) is 22.4. The fraction of sp³-hybridized carbons (Fsp3) is 0.269. The van der Waals surface area contributed by atoms with Gasteiger partial charge < -0.3 is 24.8 Å². The van der Waals surface area contributed by atoms with Crippen LogP contribution in [-0.4, -0.2) is 54.1 Å². The van der Waals surface area contributed by atoms with Crippen LogP contribution in [0.3, 0.4) is 0 Å². The second-order valence-electron chi connectivity index (χ2n) is 8.88. The number of rotatable bonds is 12. The molecule has 0 saturated carbocycles. The van der Waals surface area contributed by atoms with Gasteiger partial charge >= 0.3 is 59.1 Å². The van der Waals surface area contributed by atoms with Crippen molar-refractivity contribution >= 4 is 59.1 Å². The minimum atomic E-state index is -4.43. The van der Waals surface area contributed by atoms with Crippen LogP contribution in [0.1, 0.15) is 24.0 Å². The maximum atomic E-state index is 11.3. The van der Waals surface area contributed by atoms with Crippen LogP contribution in [0.25, 0.3) is 21.8 Å². The predicted molar refractivity (Wildman–Crippen MR) is 145 cm³/mol. The summed E-state index contributed by atoms with van der Waals surface area (Å²) in [6.07, 6.45) is 0.324. The van der Waals surface area contributed by atoms with E-state index in [2.05, 4.69) is 10.6 Å². The van der Waals surface area contributed by atoms with E-state index in [1.807, 2.05) is 48.5 Å². The van der Waals surface area contributed by atoms with Crippen molar-refractivity contribution in [3.63, 3.8) is 0 Å². The van der Waals surface area contributed by atoms with Crippen molar-refractivity contribution in [1.82, 2.24) is 4.98 Å². The zero-order chi connectivity index (χ0) is 27.3. The molecule has 0 unspecified atom stereocenters. The maximum absolute atomic E-state index is 11.3. The molecule has 10 nitrogen and oxygen atoms in total. The van der Waals surface area contributed by atoms with Gasteiger partial charge in [0.05, 0.1) is 43.6 Å². The van der Waals surface area contributed by atoms with E-state index >= 15 is 0 Å². The number of para-hydroxylation sites is 2. The van der Waals surface area contributed by atoms with Gasteiger partial charge in [0.1, 0.15) is 0 Å². The van der Waals surface area contributed by atoms with Crippen LogP contribution >= 0.6 is 0 Å². The Morgan fingerprint density at radius 1 is 0.775 bits per heavy atom. The van der Waals surface area contributed by atoms with Gasteiger partial charge in [-0.2, -0.15) is 0 Å². The first-order valence-electron chi connectivity index (χ1n) is 12.0. The van der Waals surface area contributed by atoms with Crippen LogP contribution in [0.15, 0.2) is 60.7 Å². The van der Waals surface area contributed by atoms with E-state index in [1.54, 1.807) is 12.1 Å². The first-order valence-corrected chi connectivity index (χ1v) is 15.1. The molecule has 0 fully saturated rings. The van der Waals surface area contributed by atoms with Crippen LogP contribution in [0, 0.1) is 0 Å². The summed E-state index contributed by atoms with van der Waals surface area (Å²) in [7, 11) is -8.80. The molecule has 0 radical (unpaired) electrons. The summed E-state index contributed by atoms with van der Waals surface area (Å²) < 4.78 is 66.8. The van der Waals surface area contributed by atoms with E-state index in [0.29, 0.717) is 22.5 Å². The summed E-state index contributed by atoms with van der Waals surface area (Å²) in [5, 5.41) is 18.2. The van der Waals surface area contributed by atoms with Crippen molar-refractivity contribution < 1.29 is 90.2 Å². The van der Waals surface area contributed by atoms with Crippen molar-refractivity contribution in [2.45, 2.75) is 25.9 Å². The molecular formula is C26H27N3Na2O7S2. The third-order valence-electron chi connectivity index (χ3n) is 6.05. The standard InChI is InChI=1S/C26H29N3O7S2.2Na/c30-17-18-15-24(27-12-6-14-38(34,35)36)19(9-5-13-37(31,32)33)25(16-18)29-26-20-7-1-3-10-22(20)28-23-11-4-2-8-21(23)26;;/h1-4,7-8,10-11,15-16,27,30H,5-6,9,12-14,17H2,(H,28,29)(H,31,32,33)(H,34,35,36);;/q;2*+1/p-2. The number of fused-ring (bicyclic) bond motifs is 2. The minimum absolute atomic E-state index is 0. The summed E-state index contributed by atoms with van der Waals surface area (Å²) >= 11 is 0. The molecule has 1 heterocycles. The van der Waals surface area contributed by atoms with Gasteiger partial charge in [0, 0.05) is 40.2 Å².